The largest absolute Gasteiger partial charge is 0.323 e. The van der Waals surface area contributed by atoms with Gasteiger partial charge in [0.2, 0.25) is 15.9 Å². The molecule has 0 spiro atoms. The van der Waals surface area contributed by atoms with E-state index in [0.717, 1.165) is 11.1 Å². The Labute approximate surface area is 173 Å². The van der Waals surface area contributed by atoms with Gasteiger partial charge in [-0.1, -0.05) is 6.07 Å². The Hall–Kier alpha value is -3.18. The third-order valence-corrected chi connectivity index (χ3v) is 5.99. The number of aryl methyl sites for hydroxylation is 3. The molecule has 0 aliphatic carbocycles. The Bertz CT molecular complexity index is 1190. The van der Waals surface area contributed by atoms with Crippen molar-refractivity contribution in [3.8, 4) is 5.69 Å². The van der Waals surface area contributed by atoms with E-state index >= 15 is 0 Å². The lowest BCUT2D eigenvalue weighted by atomic mass is 10.1. The quantitative estimate of drug-likeness (QED) is 0.590. The summed E-state index contributed by atoms with van der Waals surface area (Å²) in [5, 5.41) is 13.5. The van der Waals surface area contributed by atoms with Crippen molar-refractivity contribution < 1.29 is 17.6 Å². The molecule has 1 heterocycles. The first-order valence-electron chi connectivity index (χ1n) is 9.09. The number of nitrogens with zero attached hydrogens (tertiary/aromatic N) is 4. The minimum Gasteiger partial charge on any atom is -0.323 e. The fraction of sp³-hybridized carbons (Fsp3) is 0.263. The molecule has 11 heteroatoms. The summed E-state index contributed by atoms with van der Waals surface area (Å²) in [5.74, 6) is -0.671. The summed E-state index contributed by atoms with van der Waals surface area (Å²) in [5.41, 5.74) is 2.26. The number of tetrazole rings is 1. The van der Waals surface area contributed by atoms with Crippen LogP contribution in [0.4, 0.5) is 10.1 Å². The minimum absolute atomic E-state index is 0.0515. The Morgan fingerprint density at radius 3 is 2.53 bits per heavy atom. The van der Waals surface area contributed by atoms with Gasteiger partial charge in [-0.2, -0.15) is 4.68 Å². The standard InChI is InChI=1S/C19H21FN6O3S/c1-12-4-6-16(10-13(12)2)30(28,29)21-9-8-19(27)22-18-11-15(5-7-17(18)20)26-14(3)23-24-25-26/h4-7,10-11,21H,8-9H2,1-3H3,(H,22,27). The van der Waals surface area contributed by atoms with Crippen LogP contribution in [0.2, 0.25) is 0 Å². The number of sulfonamides is 1. The van der Waals surface area contributed by atoms with Crippen molar-refractivity contribution in [1.82, 2.24) is 24.9 Å². The highest BCUT2D eigenvalue weighted by Gasteiger charge is 2.16. The molecule has 0 atom stereocenters. The predicted octanol–water partition coefficient (Wildman–Crippen LogP) is 2.03. The SMILES string of the molecule is Cc1ccc(S(=O)(=O)NCCC(=O)Nc2cc(-n3nnnc3C)ccc2F)cc1C. The predicted molar refractivity (Wildman–Crippen MR) is 108 cm³/mol. The molecule has 1 aromatic heterocycles. The summed E-state index contributed by atoms with van der Waals surface area (Å²) in [6.45, 7) is 5.26. The smallest absolute Gasteiger partial charge is 0.240 e. The van der Waals surface area contributed by atoms with E-state index in [1.807, 2.05) is 13.8 Å². The molecule has 0 saturated carbocycles. The molecule has 0 aliphatic rings. The van der Waals surface area contributed by atoms with E-state index in [9.17, 15) is 17.6 Å². The summed E-state index contributed by atoms with van der Waals surface area (Å²) in [6.07, 6.45) is -0.169. The molecular weight excluding hydrogens is 411 g/mol. The Balaban J connectivity index is 1.62. The highest BCUT2D eigenvalue weighted by Crippen LogP contribution is 2.19. The number of halogens is 1. The zero-order valence-corrected chi connectivity index (χ0v) is 17.5. The summed E-state index contributed by atoms with van der Waals surface area (Å²) >= 11 is 0. The second-order valence-electron chi connectivity index (χ2n) is 6.74. The molecule has 2 N–H and O–H groups in total. The molecule has 3 aromatic rings. The summed E-state index contributed by atoms with van der Waals surface area (Å²) in [6, 6.07) is 8.86. The van der Waals surface area contributed by atoms with Crippen molar-refractivity contribution in [3.63, 3.8) is 0 Å². The number of carbonyl (C=O) groups is 1. The minimum atomic E-state index is -3.75. The average molecular weight is 432 g/mol. The fourth-order valence-electron chi connectivity index (χ4n) is 2.69. The highest BCUT2D eigenvalue weighted by molar-refractivity contribution is 7.89. The first kappa shape index (κ1) is 21.5. The molecule has 0 unspecified atom stereocenters. The Kier molecular flexibility index (Phi) is 6.22. The number of carbonyl (C=O) groups excluding carboxylic acids is 1. The van der Waals surface area contributed by atoms with Crippen molar-refractivity contribution in [3.05, 3.63) is 59.2 Å². The van der Waals surface area contributed by atoms with Gasteiger partial charge >= 0.3 is 0 Å². The molecule has 0 aliphatic heterocycles. The maximum Gasteiger partial charge on any atom is 0.240 e. The van der Waals surface area contributed by atoms with Gasteiger partial charge in [-0.05, 0) is 72.7 Å². The molecule has 9 nitrogen and oxygen atoms in total. The number of rotatable bonds is 7. The van der Waals surface area contributed by atoms with E-state index in [1.165, 1.54) is 28.9 Å². The molecule has 0 radical (unpaired) electrons. The Morgan fingerprint density at radius 2 is 1.87 bits per heavy atom. The van der Waals surface area contributed by atoms with Crippen LogP contribution in [0.1, 0.15) is 23.4 Å². The van der Waals surface area contributed by atoms with Gasteiger partial charge in [0.05, 0.1) is 16.3 Å². The van der Waals surface area contributed by atoms with Gasteiger partial charge in [-0.25, -0.2) is 17.5 Å². The number of benzene rings is 2. The molecule has 1 amide bonds. The number of aromatic nitrogens is 4. The van der Waals surface area contributed by atoms with Gasteiger partial charge in [-0.3, -0.25) is 4.79 Å². The van der Waals surface area contributed by atoms with Crippen LogP contribution in [0, 0.1) is 26.6 Å². The number of hydrogen-bond acceptors (Lipinski definition) is 6. The van der Waals surface area contributed by atoms with Crippen LogP contribution >= 0.6 is 0 Å². The normalized spacial score (nSPS) is 11.5. The van der Waals surface area contributed by atoms with E-state index < -0.39 is 21.7 Å². The third-order valence-electron chi connectivity index (χ3n) is 4.53. The summed E-state index contributed by atoms with van der Waals surface area (Å²) in [7, 11) is -3.75. The fourth-order valence-corrected chi connectivity index (χ4v) is 3.80. The van der Waals surface area contributed by atoms with Crippen LogP contribution in [0.25, 0.3) is 5.69 Å². The van der Waals surface area contributed by atoms with Crippen LogP contribution in [0.5, 0.6) is 0 Å². The van der Waals surface area contributed by atoms with Crippen LogP contribution in [-0.2, 0) is 14.8 Å². The molecule has 3 rings (SSSR count). The number of anilines is 1. The molecule has 2 aromatic carbocycles. The lowest BCUT2D eigenvalue weighted by Crippen LogP contribution is -2.28. The van der Waals surface area contributed by atoms with Crippen LogP contribution in [-0.4, -0.2) is 41.1 Å². The van der Waals surface area contributed by atoms with Gasteiger partial charge in [0.1, 0.15) is 5.82 Å². The van der Waals surface area contributed by atoms with E-state index in [1.54, 1.807) is 19.1 Å². The first-order valence-corrected chi connectivity index (χ1v) is 10.6. The van der Waals surface area contributed by atoms with Crippen LogP contribution in [0.3, 0.4) is 0 Å². The lowest BCUT2D eigenvalue weighted by Gasteiger charge is -2.10. The lowest BCUT2D eigenvalue weighted by molar-refractivity contribution is -0.116. The maximum atomic E-state index is 14.1. The molecule has 0 bridgehead atoms. The topological polar surface area (TPSA) is 119 Å². The molecule has 0 saturated heterocycles. The zero-order valence-electron chi connectivity index (χ0n) is 16.7. The second kappa shape index (κ2) is 8.67. The number of hydrogen-bond donors (Lipinski definition) is 2. The van der Waals surface area contributed by atoms with E-state index in [4.69, 9.17) is 0 Å². The maximum absolute atomic E-state index is 14.1. The van der Waals surface area contributed by atoms with Gasteiger partial charge < -0.3 is 5.32 Å². The zero-order chi connectivity index (χ0) is 21.9. The monoisotopic (exact) mass is 432 g/mol. The van der Waals surface area contributed by atoms with Crippen LogP contribution < -0.4 is 10.0 Å². The molecular formula is C19H21FN6O3S. The molecule has 0 fully saturated rings. The van der Waals surface area contributed by atoms with Crippen molar-refractivity contribution in [1.29, 1.82) is 0 Å². The van der Waals surface area contributed by atoms with E-state index in [0.29, 0.717) is 11.5 Å². The first-order chi connectivity index (χ1) is 14.2. The van der Waals surface area contributed by atoms with E-state index in [2.05, 4.69) is 25.6 Å². The van der Waals surface area contributed by atoms with Crippen molar-refractivity contribution in [2.45, 2.75) is 32.1 Å². The second-order valence-corrected chi connectivity index (χ2v) is 8.51. The van der Waals surface area contributed by atoms with Crippen molar-refractivity contribution >= 4 is 21.6 Å². The van der Waals surface area contributed by atoms with E-state index in [-0.39, 0.29) is 23.5 Å². The van der Waals surface area contributed by atoms with Crippen molar-refractivity contribution in [2.24, 2.45) is 0 Å². The molecule has 158 valence electrons. The van der Waals surface area contributed by atoms with Crippen molar-refractivity contribution in [2.75, 3.05) is 11.9 Å². The van der Waals surface area contributed by atoms with Gasteiger partial charge in [-0.15, -0.1) is 5.10 Å². The summed E-state index contributed by atoms with van der Waals surface area (Å²) < 4.78 is 42.6. The van der Waals surface area contributed by atoms with Gasteiger partial charge in [0, 0.05) is 13.0 Å². The molecule has 30 heavy (non-hydrogen) atoms. The highest BCUT2D eigenvalue weighted by atomic mass is 32.2. The third kappa shape index (κ3) is 4.86. The summed E-state index contributed by atoms with van der Waals surface area (Å²) in [4.78, 5) is 12.3. The Morgan fingerprint density at radius 1 is 1.10 bits per heavy atom. The number of amides is 1. The average Bonchev–Trinajstić information content (AvgIpc) is 3.11. The van der Waals surface area contributed by atoms with Gasteiger partial charge in [0.25, 0.3) is 0 Å². The van der Waals surface area contributed by atoms with Crippen LogP contribution in [0.15, 0.2) is 41.3 Å². The van der Waals surface area contributed by atoms with Gasteiger partial charge in [0.15, 0.2) is 5.82 Å². The number of nitrogens with one attached hydrogen (secondary N) is 2.